The zero-order valence-electron chi connectivity index (χ0n) is 22.0. The zero-order valence-corrected chi connectivity index (χ0v) is 25.2. The molecule has 0 atom stereocenters. The molecule has 6 rings (SSSR count). The fourth-order valence-corrected chi connectivity index (χ4v) is 5.55. The Kier molecular flexibility index (Phi) is 7.37. The Morgan fingerprint density at radius 3 is 1.20 bits per heavy atom. The highest BCUT2D eigenvalue weighted by Gasteiger charge is 2.20. The second kappa shape index (κ2) is 11.2. The first-order valence-corrected chi connectivity index (χ1v) is 14.4. The summed E-state index contributed by atoms with van der Waals surface area (Å²) in [4.78, 5) is 0. The van der Waals surface area contributed by atoms with Gasteiger partial charge in [0.1, 0.15) is 11.5 Å². The van der Waals surface area contributed by atoms with E-state index in [4.69, 9.17) is 9.47 Å². The van der Waals surface area contributed by atoms with E-state index in [9.17, 15) is 0 Å². The Labute approximate surface area is 250 Å². The van der Waals surface area contributed by atoms with E-state index in [2.05, 4.69) is 138 Å². The minimum Gasteiger partial charge on any atom is -0.497 e. The summed E-state index contributed by atoms with van der Waals surface area (Å²) >= 11 is 7.20. The standard InChI is InChI=1S/C34H26Br2N2O2/c1-39-29-7-3-5-23(21-29)31-17-19-33(37(31)27-13-9-25(35)10-14-27)34-20-18-32(24-6-4-8-30(22-24)40-2)38(34)28-15-11-26(36)12-16-28/h3-22H,1-2H3. The molecule has 198 valence electrons. The Balaban J connectivity index is 1.62. The summed E-state index contributed by atoms with van der Waals surface area (Å²) < 4.78 is 17.8. The van der Waals surface area contributed by atoms with Gasteiger partial charge >= 0.3 is 0 Å². The van der Waals surface area contributed by atoms with Crippen LogP contribution in [0.2, 0.25) is 0 Å². The third-order valence-corrected chi connectivity index (χ3v) is 7.98. The van der Waals surface area contributed by atoms with Crippen LogP contribution in [0.5, 0.6) is 11.5 Å². The molecular weight excluding hydrogens is 628 g/mol. The van der Waals surface area contributed by atoms with E-state index in [0.29, 0.717) is 0 Å². The van der Waals surface area contributed by atoms with Gasteiger partial charge in [-0.25, -0.2) is 0 Å². The monoisotopic (exact) mass is 652 g/mol. The van der Waals surface area contributed by atoms with Crippen molar-refractivity contribution in [2.45, 2.75) is 0 Å². The van der Waals surface area contributed by atoms with Crippen LogP contribution in [-0.2, 0) is 0 Å². The molecule has 0 amide bonds. The van der Waals surface area contributed by atoms with Gasteiger partial charge in [-0.05, 0) is 97.1 Å². The Morgan fingerprint density at radius 2 is 0.825 bits per heavy atom. The smallest absolute Gasteiger partial charge is 0.119 e. The van der Waals surface area contributed by atoms with Crippen LogP contribution in [0.4, 0.5) is 0 Å². The zero-order chi connectivity index (χ0) is 27.6. The van der Waals surface area contributed by atoms with E-state index in [1.54, 1.807) is 14.2 Å². The lowest BCUT2D eigenvalue weighted by Gasteiger charge is -2.18. The van der Waals surface area contributed by atoms with Crippen LogP contribution in [0.25, 0.3) is 45.3 Å². The normalized spacial score (nSPS) is 11.0. The van der Waals surface area contributed by atoms with Crippen molar-refractivity contribution in [2.24, 2.45) is 0 Å². The first-order valence-electron chi connectivity index (χ1n) is 12.8. The number of aromatic nitrogens is 2. The number of hydrogen-bond acceptors (Lipinski definition) is 2. The van der Waals surface area contributed by atoms with Crippen molar-refractivity contribution < 1.29 is 9.47 Å². The Bertz CT molecular complexity index is 1650. The first-order chi connectivity index (χ1) is 19.6. The summed E-state index contributed by atoms with van der Waals surface area (Å²) in [7, 11) is 3.40. The molecule has 2 aromatic heterocycles. The number of nitrogens with zero attached hydrogens (tertiary/aromatic N) is 2. The minimum atomic E-state index is 0.821. The molecule has 0 aliphatic heterocycles. The van der Waals surface area contributed by atoms with Gasteiger partial charge in [-0.3, -0.25) is 0 Å². The van der Waals surface area contributed by atoms with E-state index in [1.807, 2.05) is 24.3 Å². The van der Waals surface area contributed by atoms with Gasteiger partial charge in [0.25, 0.3) is 0 Å². The summed E-state index contributed by atoms with van der Waals surface area (Å²) in [5.74, 6) is 1.64. The van der Waals surface area contributed by atoms with Crippen molar-refractivity contribution >= 4 is 31.9 Å². The van der Waals surface area contributed by atoms with Crippen LogP contribution in [0.15, 0.2) is 130 Å². The topological polar surface area (TPSA) is 28.3 Å². The second-order valence-corrected chi connectivity index (χ2v) is 11.1. The third kappa shape index (κ3) is 5.01. The van der Waals surface area contributed by atoms with Gasteiger partial charge in [-0.2, -0.15) is 0 Å². The van der Waals surface area contributed by atoms with Gasteiger partial charge in [0, 0.05) is 31.4 Å². The second-order valence-electron chi connectivity index (χ2n) is 9.30. The maximum Gasteiger partial charge on any atom is 0.119 e. The molecule has 0 N–H and O–H groups in total. The number of halogens is 2. The van der Waals surface area contributed by atoms with Gasteiger partial charge in [-0.1, -0.05) is 56.1 Å². The molecule has 0 bridgehead atoms. The Hall–Kier alpha value is -4.00. The van der Waals surface area contributed by atoms with Crippen molar-refractivity contribution in [2.75, 3.05) is 14.2 Å². The van der Waals surface area contributed by atoms with Crippen molar-refractivity contribution in [3.8, 4) is 56.8 Å². The molecule has 40 heavy (non-hydrogen) atoms. The van der Waals surface area contributed by atoms with Crippen LogP contribution >= 0.6 is 31.9 Å². The van der Waals surface area contributed by atoms with Crippen LogP contribution in [0.1, 0.15) is 0 Å². The van der Waals surface area contributed by atoms with E-state index in [-0.39, 0.29) is 0 Å². The van der Waals surface area contributed by atoms with Crippen LogP contribution in [0, 0.1) is 0 Å². The molecule has 0 spiro atoms. The highest BCUT2D eigenvalue weighted by atomic mass is 79.9. The predicted octanol–water partition coefficient (Wildman–Crippen LogP) is 9.81. The lowest BCUT2D eigenvalue weighted by Crippen LogP contribution is -2.04. The lowest BCUT2D eigenvalue weighted by atomic mass is 10.1. The van der Waals surface area contributed by atoms with Gasteiger partial charge < -0.3 is 18.6 Å². The minimum absolute atomic E-state index is 0.821. The van der Waals surface area contributed by atoms with E-state index < -0.39 is 0 Å². The van der Waals surface area contributed by atoms with E-state index in [0.717, 1.165) is 65.7 Å². The van der Waals surface area contributed by atoms with E-state index >= 15 is 0 Å². The largest absolute Gasteiger partial charge is 0.497 e. The molecule has 6 aromatic rings. The number of rotatable bonds is 7. The molecule has 0 saturated carbocycles. The highest BCUT2D eigenvalue weighted by molar-refractivity contribution is 9.10. The van der Waals surface area contributed by atoms with Crippen molar-refractivity contribution in [3.05, 3.63) is 130 Å². The van der Waals surface area contributed by atoms with Gasteiger partial charge in [-0.15, -0.1) is 0 Å². The molecule has 6 heteroatoms. The third-order valence-electron chi connectivity index (χ3n) is 6.92. The number of hydrogen-bond donors (Lipinski definition) is 0. The molecule has 4 aromatic carbocycles. The molecular formula is C34H26Br2N2O2. The highest BCUT2D eigenvalue weighted by Crippen LogP contribution is 2.38. The fourth-order valence-electron chi connectivity index (χ4n) is 5.03. The molecule has 0 unspecified atom stereocenters. The van der Waals surface area contributed by atoms with Crippen LogP contribution in [0.3, 0.4) is 0 Å². The summed E-state index contributed by atoms with van der Waals surface area (Å²) in [6.07, 6.45) is 0. The maximum absolute atomic E-state index is 5.55. The van der Waals surface area contributed by atoms with Crippen LogP contribution < -0.4 is 9.47 Å². The molecule has 4 nitrogen and oxygen atoms in total. The average Bonchev–Trinajstić information content (AvgIpc) is 3.63. The summed E-state index contributed by atoms with van der Waals surface area (Å²) in [6.45, 7) is 0. The molecule has 0 fully saturated rings. The van der Waals surface area contributed by atoms with Gasteiger partial charge in [0.15, 0.2) is 0 Å². The predicted molar refractivity (Wildman–Crippen MR) is 170 cm³/mol. The molecule has 0 saturated heterocycles. The molecule has 2 heterocycles. The lowest BCUT2D eigenvalue weighted by molar-refractivity contribution is 0.415. The SMILES string of the molecule is COc1cccc(-c2ccc(-c3ccc(-c4cccc(OC)c4)n3-c3ccc(Br)cc3)n2-c2ccc(Br)cc2)c1. The first kappa shape index (κ1) is 26.2. The van der Waals surface area contributed by atoms with E-state index in [1.165, 1.54) is 0 Å². The number of ether oxygens (including phenoxy) is 2. The summed E-state index contributed by atoms with van der Waals surface area (Å²) in [5.41, 5.74) is 8.55. The maximum atomic E-state index is 5.55. The summed E-state index contributed by atoms with van der Waals surface area (Å²) in [6, 6.07) is 41.9. The average molecular weight is 654 g/mol. The molecule has 0 aliphatic rings. The Morgan fingerprint density at radius 1 is 0.450 bits per heavy atom. The molecule has 0 aliphatic carbocycles. The summed E-state index contributed by atoms with van der Waals surface area (Å²) in [5, 5.41) is 0. The van der Waals surface area contributed by atoms with Crippen LogP contribution in [-0.4, -0.2) is 23.4 Å². The number of methoxy groups -OCH3 is 2. The quantitative estimate of drug-likeness (QED) is 0.172. The number of benzene rings is 4. The van der Waals surface area contributed by atoms with Gasteiger partial charge in [0.2, 0.25) is 0 Å². The van der Waals surface area contributed by atoms with Crippen molar-refractivity contribution in [1.29, 1.82) is 0 Å². The molecule has 0 radical (unpaired) electrons. The fraction of sp³-hybridized carbons (Fsp3) is 0.0588. The van der Waals surface area contributed by atoms with Crippen molar-refractivity contribution in [1.82, 2.24) is 9.13 Å². The van der Waals surface area contributed by atoms with Crippen molar-refractivity contribution in [3.63, 3.8) is 0 Å². The van der Waals surface area contributed by atoms with Gasteiger partial charge in [0.05, 0.1) is 37.0 Å².